The van der Waals surface area contributed by atoms with Crippen LogP contribution in [0.4, 0.5) is 5.82 Å². The number of aromatic nitrogens is 8. The van der Waals surface area contributed by atoms with E-state index in [4.69, 9.17) is 33.3 Å². The van der Waals surface area contributed by atoms with Crippen molar-refractivity contribution >= 4 is 43.8 Å². The van der Waals surface area contributed by atoms with Crippen LogP contribution in [0.1, 0.15) is 54.0 Å². The van der Waals surface area contributed by atoms with Gasteiger partial charge in [0.25, 0.3) is 5.56 Å². The van der Waals surface area contributed by atoms with Crippen molar-refractivity contribution in [2.45, 2.75) is 90.6 Å². The predicted molar refractivity (Wildman–Crippen MR) is 206 cm³/mol. The molecule has 3 fully saturated rings. The van der Waals surface area contributed by atoms with Gasteiger partial charge in [-0.1, -0.05) is 41.5 Å². The van der Waals surface area contributed by atoms with Crippen molar-refractivity contribution in [3.8, 4) is 0 Å². The Morgan fingerprint density at radius 3 is 1.79 bits per heavy atom. The first-order valence-corrected chi connectivity index (χ1v) is 21.9. The molecule has 4 aromatic heterocycles. The van der Waals surface area contributed by atoms with E-state index in [0.717, 1.165) is 19.0 Å². The molecule has 26 heteroatoms. The fourth-order valence-electron chi connectivity index (χ4n) is 6.56. The van der Waals surface area contributed by atoms with E-state index in [0.29, 0.717) is 0 Å². The second kappa shape index (κ2) is 19.8. The summed E-state index contributed by atoms with van der Waals surface area (Å²) in [6.07, 6.45) is -7.84. The summed E-state index contributed by atoms with van der Waals surface area (Å²) in [5, 5.41) is 22.1. The summed E-state index contributed by atoms with van der Waals surface area (Å²) in [5.74, 6) is 0.0404. The highest BCUT2D eigenvalue weighted by atomic mass is 31.2. The number of nitrogens with zero attached hydrogens (tertiary/aromatic N) is 9. The van der Waals surface area contributed by atoms with Crippen LogP contribution in [0.15, 0.2) is 30.1 Å². The van der Waals surface area contributed by atoms with Crippen molar-refractivity contribution in [1.82, 2.24) is 48.8 Å². The number of phosphoric acid groups is 2. The topological polar surface area (TPSA) is 310 Å². The molecule has 7 heterocycles. The molecule has 2 bridgehead atoms. The number of ether oxygens (including phenoxy) is 2. The van der Waals surface area contributed by atoms with E-state index in [-0.39, 0.29) is 28.1 Å². The van der Waals surface area contributed by atoms with Crippen LogP contribution in [-0.4, -0.2) is 158 Å². The van der Waals surface area contributed by atoms with Crippen molar-refractivity contribution in [2.75, 3.05) is 58.2 Å². The number of hydrogen-bond acceptors (Lipinski definition) is 19. The summed E-state index contributed by atoms with van der Waals surface area (Å²) in [5.41, 5.74) is 5.44. The van der Waals surface area contributed by atoms with Gasteiger partial charge in [0.05, 0.1) is 32.2 Å². The third kappa shape index (κ3) is 10.3. The van der Waals surface area contributed by atoms with Gasteiger partial charge in [0.2, 0.25) is 0 Å². The van der Waals surface area contributed by atoms with Gasteiger partial charge in [0, 0.05) is 0 Å². The minimum atomic E-state index is -5.08. The van der Waals surface area contributed by atoms with Crippen LogP contribution in [-0.2, 0) is 36.7 Å². The number of aliphatic hydroxyl groups excluding tert-OH is 2. The standard InChI is InChI=1S/C20H23N9O13P2.2C6H15N/c21-15-9-16(23-3-22-15)28(5-26-9)19-12(31)13-8(40-19)2-38-44(35,36)42-14-11(30)7(1-37-43(33,34)41-13)39-20(14)29-6-27-10-17(29)24-4-25-18(10)32;2*1-4-7(5-2)6-3/h3-8,11-14,19-20,30-31H,1-2H2,(H,33,34)(H,35,36)(H2,21,22,23)(H,24,25,32);2*4-6H2,1-3H3/t7-,8-,11-,12-,13-,14-,19-,20-;;/m1../s1. The molecular formula is C32H53N11O13P2. The molecule has 3 saturated heterocycles. The fraction of sp³-hybridized carbons (Fsp3) is 0.688. The zero-order valence-corrected chi connectivity index (χ0v) is 34.8. The highest BCUT2D eigenvalue weighted by Crippen LogP contribution is 2.53. The number of fused-ring (bicyclic) bond motifs is 5. The molecule has 2 unspecified atom stereocenters. The average molecular weight is 862 g/mol. The number of aromatic amines is 1. The zero-order valence-electron chi connectivity index (χ0n) is 33.0. The first kappa shape index (κ1) is 45.8. The van der Waals surface area contributed by atoms with E-state index in [9.17, 15) is 33.9 Å². The normalized spacial score (nSPS) is 31.5. The molecule has 3 aliphatic heterocycles. The zero-order chi connectivity index (χ0) is 42.4. The van der Waals surface area contributed by atoms with Gasteiger partial charge in [-0.05, 0) is 39.3 Å². The van der Waals surface area contributed by atoms with Gasteiger partial charge in [-0.2, -0.15) is 0 Å². The molecule has 10 atom stereocenters. The second-order valence-electron chi connectivity index (χ2n) is 13.2. The lowest BCUT2D eigenvalue weighted by Crippen LogP contribution is -2.36. The number of nitrogens with one attached hydrogen (secondary N) is 1. The number of imidazole rings is 2. The number of nitrogen functional groups attached to an aromatic ring is 1. The third-order valence-electron chi connectivity index (χ3n) is 9.92. The molecule has 4 aromatic rings. The maximum absolute atomic E-state index is 13.2. The van der Waals surface area contributed by atoms with Crippen molar-refractivity contribution in [3.63, 3.8) is 0 Å². The summed E-state index contributed by atoms with van der Waals surface area (Å²) < 4.78 is 61.1. The number of nitrogens with two attached hydrogens (primary N) is 1. The van der Waals surface area contributed by atoms with E-state index in [2.05, 4.69) is 81.2 Å². The monoisotopic (exact) mass is 861 g/mol. The maximum Gasteiger partial charge on any atom is 0.472 e. The van der Waals surface area contributed by atoms with E-state index in [1.54, 1.807) is 0 Å². The van der Waals surface area contributed by atoms with Crippen LogP contribution in [0.5, 0.6) is 0 Å². The van der Waals surface area contributed by atoms with Crippen molar-refractivity contribution in [1.29, 1.82) is 0 Å². The summed E-state index contributed by atoms with van der Waals surface area (Å²) in [6, 6.07) is 0. The number of hydrogen-bond donors (Lipinski definition) is 6. The number of rotatable bonds is 8. The Hall–Kier alpha value is -3.32. The molecule has 0 saturated carbocycles. The first-order valence-electron chi connectivity index (χ1n) is 18.9. The number of anilines is 1. The molecule has 7 N–H and O–H groups in total. The molecule has 0 amide bonds. The van der Waals surface area contributed by atoms with Crippen molar-refractivity contribution in [2.24, 2.45) is 0 Å². The fourth-order valence-corrected chi connectivity index (χ4v) is 8.45. The highest BCUT2D eigenvalue weighted by molar-refractivity contribution is 7.47. The van der Waals surface area contributed by atoms with E-state index in [1.807, 2.05) is 0 Å². The van der Waals surface area contributed by atoms with Gasteiger partial charge >= 0.3 is 15.6 Å². The number of aliphatic hydroxyl groups is 2. The van der Waals surface area contributed by atoms with Crippen LogP contribution in [0.3, 0.4) is 0 Å². The van der Waals surface area contributed by atoms with Gasteiger partial charge in [-0.25, -0.2) is 34.0 Å². The first-order chi connectivity index (χ1) is 27.6. The third-order valence-corrected chi connectivity index (χ3v) is 11.9. The Bertz CT molecular complexity index is 2080. The van der Waals surface area contributed by atoms with Gasteiger partial charge in [0.15, 0.2) is 35.1 Å². The molecule has 0 radical (unpaired) electrons. The van der Waals surface area contributed by atoms with Gasteiger partial charge in [0.1, 0.15) is 48.5 Å². The van der Waals surface area contributed by atoms with E-state index >= 15 is 0 Å². The summed E-state index contributed by atoms with van der Waals surface area (Å²) in [4.78, 5) is 60.5. The summed E-state index contributed by atoms with van der Waals surface area (Å²) in [7, 11) is -10.1. The minimum Gasteiger partial charge on any atom is -0.387 e. The van der Waals surface area contributed by atoms with Crippen LogP contribution < -0.4 is 11.3 Å². The Morgan fingerprint density at radius 2 is 1.22 bits per heavy atom. The largest absolute Gasteiger partial charge is 0.472 e. The van der Waals surface area contributed by atoms with E-state index < -0.39 is 83.5 Å². The summed E-state index contributed by atoms with van der Waals surface area (Å²) >= 11 is 0. The average Bonchev–Trinajstić information content (AvgIpc) is 3.97. The molecule has 7 rings (SSSR count). The Balaban J connectivity index is 0.000000393. The van der Waals surface area contributed by atoms with Crippen molar-refractivity contribution in [3.05, 3.63) is 35.7 Å². The Morgan fingerprint density at radius 1 is 0.724 bits per heavy atom. The molecule has 3 aliphatic rings. The van der Waals surface area contributed by atoms with Crippen LogP contribution in [0.25, 0.3) is 22.3 Å². The van der Waals surface area contributed by atoms with Gasteiger partial charge in [-0.3, -0.25) is 32.0 Å². The van der Waals surface area contributed by atoms with E-state index in [1.165, 1.54) is 54.7 Å². The van der Waals surface area contributed by atoms with Crippen LogP contribution >= 0.6 is 15.6 Å². The lowest BCUT2D eigenvalue weighted by Gasteiger charge is -2.25. The van der Waals surface area contributed by atoms with Crippen LogP contribution in [0, 0.1) is 0 Å². The lowest BCUT2D eigenvalue weighted by molar-refractivity contribution is -0.0672. The number of phosphoric ester groups is 2. The molecular weight excluding hydrogens is 808 g/mol. The highest BCUT2D eigenvalue weighted by Gasteiger charge is 2.54. The Labute approximate surface area is 333 Å². The molecule has 0 spiro atoms. The SMILES string of the molecule is CCN(CC)CC.CCN(CC)CC.Nc1ncnc2c1ncn2[C@@H]1O[C@@H]2COP(=O)(O)O[C@@H]3[C@H](O)[C@@H](COP(=O)(O)O[C@H]2[C@H]1O)O[C@H]3n1cnc2c(=O)[nH]cnc21. The molecule has 324 valence electrons. The molecule has 24 nitrogen and oxygen atoms in total. The molecule has 58 heavy (non-hydrogen) atoms. The van der Waals surface area contributed by atoms with Gasteiger partial charge in [-0.15, -0.1) is 0 Å². The molecule has 0 aromatic carbocycles. The summed E-state index contributed by atoms with van der Waals surface area (Å²) in [6.45, 7) is 18.6. The molecule has 0 aliphatic carbocycles. The smallest absolute Gasteiger partial charge is 0.387 e. The minimum absolute atomic E-state index is 0.0200. The second-order valence-corrected chi connectivity index (χ2v) is 16.0. The van der Waals surface area contributed by atoms with Crippen LogP contribution in [0.2, 0.25) is 0 Å². The van der Waals surface area contributed by atoms with Gasteiger partial charge < -0.3 is 50.0 Å². The van der Waals surface area contributed by atoms with Crippen molar-refractivity contribution < 1.29 is 56.7 Å². The lowest BCUT2D eigenvalue weighted by atomic mass is 10.1. The number of H-pyrrole nitrogens is 1. The maximum atomic E-state index is 13.2. The Kier molecular flexibility index (Phi) is 15.6. The quantitative estimate of drug-likeness (QED) is 0.133. The predicted octanol–water partition coefficient (Wildman–Crippen LogP) is 0.773.